The molecule has 16 heavy (non-hydrogen) atoms. The van der Waals surface area contributed by atoms with Crippen molar-refractivity contribution in [2.24, 2.45) is 0 Å². The molecule has 0 radical (unpaired) electrons. The van der Waals surface area contributed by atoms with Crippen LogP contribution in [0.15, 0.2) is 18.2 Å². The molecule has 0 aliphatic rings. The molecular weight excluding hydrogens is 252 g/mol. The van der Waals surface area contributed by atoms with E-state index in [9.17, 15) is 4.39 Å². The van der Waals surface area contributed by atoms with Gasteiger partial charge in [0.25, 0.3) is 0 Å². The van der Waals surface area contributed by atoms with Crippen LogP contribution in [0.2, 0.25) is 5.02 Å². The lowest BCUT2D eigenvalue weighted by molar-refractivity contribution is -0.00000465. The van der Waals surface area contributed by atoms with E-state index in [0.717, 1.165) is 6.42 Å². The zero-order chi connectivity index (χ0) is 11.3. The van der Waals surface area contributed by atoms with Crippen molar-refractivity contribution in [3.63, 3.8) is 0 Å². The van der Waals surface area contributed by atoms with E-state index in [1.807, 2.05) is 6.92 Å². The van der Waals surface area contributed by atoms with Crippen LogP contribution < -0.4 is 17.7 Å². The van der Waals surface area contributed by atoms with Gasteiger partial charge < -0.3 is 22.8 Å². The maximum atomic E-state index is 13.3. The molecule has 0 heterocycles. The second kappa shape index (κ2) is 7.85. The maximum absolute atomic E-state index is 13.3. The summed E-state index contributed by atoms with van der Waals surface area (Å²) in [6.07, 6.45) is 0.857. The first-order chi connectivity index (χ1) is 7.19. The van der Waals surface area contributed by atoms with Gasteiger partial charge in [-0.05, 0) is 18.6 Å². The van der Waals surface area contributed by atoms with Gasteiger partial charge in [0, 0.05) is 17.1 Å². The molecule has 0 aliphatic heterocycles. The van der Waals surface area contributed by atoms with Crippen molar-refractivity contribution in [3.8, 4) is 0 Å². The third-order valence-electron chi connectivity index (χ3n) is 2.37. The molecule has 2 nitrogen and oxygen atoms in total. The Morgan fingerprint density at radius 3 is 2.69 bits per heavy atom. The molecule has 1 rings (SSSR count). The van der Waals surface area contributed by atoms with Gasteiger partial charge in [-0.3, -0.25) is 0 Å². The van der Waals surface area contributed by atoms with Gasteiger partial charge in [0.05, 0.1) is 6.04 Å². The lowest BCUT2D eigenvalue weighted by Crippen LogP contribution is -3.00. The molecule has 1 atom stereocenters. The second-order valence-electron chi connectivity index (χ2n) is 3.39. The highest BCUT2D eigenvalue weighted by Crippen LogP contribution is 2.18. The van der Waals surface area contributed by atoms with E-state index in [4.69, 9.17) is 16.7 Å². The molecular formula is C11H16Cl2FNO. The van der Waals surface area contributed by atoms with Crippen LogP contribution in [-0.2, 0) is 6.54 Å². The normalized spacial score (nSPS) is 12.0. The molecule has 0 saturated heterocycles. The quantitative estimate of drug-likeness (QED) is 0.688. The second-order valence-corrected chi connectivity index (χ2v) is 3.80. The summed E-state index contributed by atoms with van der Waals surface area (Å²) in [5, 5.41) is 10.8. The number of rotatable bonds is 5. The molecule has 0 bridgehead atoms. The smallest absolute Gasteiger partial charge is 0.159 e. The molecule has 1 aromatic rings. The van der Waals surface area contributed by atoms with Crippen molar-refractivity contribution < 1.29 is 21.9 Å². The van der Waals surface area contributed by atoms with Crippen LogP contribution in [0.3, 0.4) is 0 Å². The number of hydrogen-bond acceptors (Lipinski definition) is 1. The predicted molar refractivity (Wildman–Crippen MR) is 60.8 cm³/mol. The first kappa shape index (κ1) is 15.7. The molecule has 92 valence electrons. The minimum Gasteiger partial charge on any atom is -1.00 e. The van der Waals surface area contributed by atoms with Gasteiger partial charge in [0.15, 0.2) is 6.61 Å². The molecule has 1 unspecified atom stereocenters. The highest BCUT2D eigenvalue weighted by atomic mass is 35.5. The van der Waals surface area contributed by atoms with E-state index in [2.05, 4.69) is 5.32 Å². The zero-order valence-electron chi connectivity index (χ0n) is 9.06. The summed E-state index contributed by atoms with van der Waals surface area (Å²) in [5.74, 6) is -0.296. The SMILES string of the molecule is CCC(C[OH2+])NCc1c(F)cccc1Cl.[Cl-]. The average Bonchev–Trinajstić information content (AvgIpc) is 2.23. The summed E-state index contributed by atoms with van der Waals surface area (Å²) in [6, 6.07) is 4.75. The summed E-state index contributed by atoms with van der Waals surface area (Å²) < 4.78 is 13.3. The van der Waals surface area contributed by atoms with Gasteiger partial charge in [-0.2, -0.15) is 0 Å². The largest absolute Gasteiger partial charge is 1.00 e. The minimum absolute atomic E-state index is 0. The Morgan fingerprint density at radius 1 is 1.50 bits per heavy atom. The Labute approximate surface area is 106 Å². The third-order valence-corrected chi connectivity index (χ3v) is 2.72. The van der Waals surface area contributed by atoms with Crippen molar-refractivity contribution in [1.82, 2.24) is 5.32 Å². The summed E-state index contributed by atoms with van der Waals surface area (Å²) >= 11 is 5.87. The van der Waals surface area contributed by atoms with Crippen molar-refractivity contribution in [1.29, 1.82) is 0 Å². The summed E-state index contributed by atoms with van der Waals surface area (Å²) in [7, 11) is 0. The van der Waals surface area contributed by atoms with Crippen molar-refractivity contribution in [2.75, 3.05) is 6.61 Å². The lowest BCUT2D eigenvalue weighted by atomic mass is 10.2. The predicted octanol–water partition coefficient (Wildman–Crippen LogP) is -0.924. The van der Waals surface area contributed by atoms with Gasteiger partial charge in [-0.1, -0.05) is 24.6 Å². The number of nitrogens with one attached hydrogen (secondary N) is 1. The first-order valence-corrected chi connectivity index (χ1v) is 5.37. The number of halogens is 3. The zero-order valence-corrected chi connectivity index (χ0v) is 10.6. The Kier molecular flexibility index (Phi) is 7.68. The van der Waals surface area contributed by atoms with Gasteiger partial charge >= 0.3 is 0 Å². The van der Waals surface area contributed by atoms with E-state index in [1.54, 1.807) is 12.1 Å². The molecule has 0 saturated carbocycles. The molecule has 5 heteroatoms. The summed E-state index contributed by atoms with van der Waals surface area (Å²) in [5.41, 5.74) is 0.478. The molecule has 0 aliphatic carbocycles. The van der Waals surface area contributed by atoms with Crippen molar-refractivity contribution in [3.05, 3.63) is 34.6 Å². The Balaban J connectivity index is 0.00000225. The Hall–Kier alpha value is -0.350. The Morgan fingerprint density at radius 2 is 2.19 bits per heavy atom. The van der Waals surface area contributed by atoms with Crippen LogP contribution in [0, 0.1) is 5.82 Å². The topological polar surface area (TPSA) is 34.9 Å². The van der Waals surface area contributed by atoms with Crippen LogP contribution in [0.5, 0.6) is 0 Å². The van der Waals surface area contributed by atoms with Gasteiger partial charge in [-0.15, -0.1) is 0 Å². The average molecular weight is 268 g/mol. The minimum atomic E-state index is -0.296. The van der Waals surface area contributed by atoms with E-state index < -0.39 is 0 Å². The van der Waals surface area contributed by atoms with E-state index >= 15 is 0 Å². The van der Waals surface area contributed by atoms with E-state index in [0.29, 0.717) is 23.7 Å². The van der Waals surface area contributed by atoms with Crippen molar-refractivity contribution >= 4 is 11.6 Å². The van der Waals surface area contributed by atoms with Crippen LogP contribution in [0.25, 0.3) is 0 Å². The molecule has 0 fully saturated rings. The third kappa shape index (κ3) is 4.26. The van der Waals surface area contributed by atoms with Crippen LogP contribution in [-0.4, -0.2) is 17.8 Å². The first-order valence-electron chi connectivity index (χ1n) is 4.99. The van der Waals surface area contributed by atoms with Crippen LogP contribution in [0.1, 0.15) is 18.9 Å². The van der Waals surface area contributed by atoms with Crippen LogP contribution in [0.4, 0.5) is 4.39 Å². The molecule has 0 aromatic heterocycles. The molecule has 3 N–H and O–H groups in total. The van der Waals surface area contributed by atoms with E-state index in [1.165, 1.54) is 6.07 Å². The maximum Gasteiger partial charge on any atom is 0.159 e. The van der Waals surface area contributed by atoms with Crippen molar-refractivity contribution in [2.45, 2.75) is 25.9 Å². The van der Waals surface area contributed by atoms with Crippen LogP contribution >= 0.6 is 11.6 Å². The lowest BCUT2D eigenvalue weighted by Gasteiger charge is -2.13. The fraction of sp³-hybridized carbons (Fsp3) is 0.455. The highest BCUT2D eigenvalue weighted by molar-refractivity contribution is 6.31. The van der Waals surface area contributed by atoms with E-state index in [-0.39, 0.29) is 24.3 Å². The number of benzene rings is 1. The summed E-state index contributed by atoms with van der Waals surface area (Å²) in [4.78, 5) is 0. The fourth-order valence-corrected chi connectivity index (χ4v) is 1.54. The monoisotopic (exact) mass is 267 g/mol. The Bertz CT molecular complexity index is 299. The molecule has 1 aromatic carbocycles. The van der Waals surface area contributed by atoms with Gasteiger partial charge in [0.2, 0.25) is 0 Å². The summed E-state index contributed by atoms with van der Waals surface area (Å²) in [6.45, 7) is 2.67. The fourth-order valence-electron chi connectivity index (χ4n) is 1.31. The number of hydrogen-bond donors (Lipinski definition) is 1. The highest BCUT2D eigenvalue weighted by Gasteiger charge is 2.10. The molecule has 0 spiro atoms. The standard InChI is InChI=1S/C11H15ClFNO.ClH/c1-2-8(7-15)14-6-9-10(12)4-3-5-11(9)13;/h3-5,8,14-15H,2,6-7H2,1H3;1H. The van der Waals surface area contributed by atoms with Gasteiger partial charge in [0.1, 0.15) is 5.82 Å². The van der Waals surface area contributed by atoms with Gasteiger partial charge in [-0.25, -0.2) is 4.39 Å². The molecule has 0 amide bonds.